The highest BCUT2D eigenvalue weighted by Gasteiger charge is 2.44. The first-order valence-electron chi connectivity index (χ1n) is 42.3. The zero-order chi connectivity index (χ0) is 90.0. The average molecular weight is 1510 g/mol. The highest BCUT2D eigenvalue weighted by Crippen LogP contribution is 2.56. The number of rotatable bonds is 15. The molecule has 0 atom stereocenters. The van der Waals surface area contributed by atoms with Crippen LogP contribution >= 0.6 is 0 Å². The van der Waals surface area contributed by atoms with Crippen LogP contribution in [-0.4, -0.2) is 209 Å². The van der Waals surface area contributed by atoms with Crippen LogP contribution < -0.4 is 32.8 Å². The minimum Gasteiger partial charge on any atom is -0.115 e. The van der Waals surface area contributed by atoms with Gasteiger partial charge in [0.1, 0.15) is 15.0 Å². The summed E-state index contributed by atoms with van der Waals surface area (Å²) in [6.45, 7) is 29.0. The molecule has 0 aliphatic carbocycles. The lowest BCUT2D eigenvalue weighted by Crippen LogP contribution is -2.80. The maximum atomic E-state index is 6.95. The van der Waals surface area contributed by atoms with Crippen molar-refractivity contribution in [3.8, 4) is 273 Å². The molecule has 8 aromatic carbocycles. The summed E-state index contributed by atoms with van der Waals surface area (Å²) in [5.74, 6) is 112. The predicted molar refractivity (Wildman–Crippen MR) is 604 cm³/mol. The van der Waals surface area contributed by atoms with E-state index in [9.17, 15) is 0 Å². The molecule has 29 heteroatoms. The molecule has 8 rings (SSSR count). The second-order valence-electron chi connectivity index (χ2n) is 33.2. The van der Waals surface area contributed by atoms with Crippen molar-refractivity contribution in [2.45, 2.75) is 90.0 Å². The molecule has 0 saturated heterocycles. The van der Waals surface area contributed by atoms with Crippen LogP contribution in [0.5, 0.6) is 0 Å². The third kappa shape index (κ3) is 18.3. The standard InChI is InChI=1S/C93H79B29/c1-19-27-33-37-39-40-43-48-55-73-74-64(17)66(26-8)67(49-25-7)70(50-32-24-6)81(74)82-71(53-44-31-23-5)68(51-45-36-30-22-4)69(52-46-41-35-29-21-3)72(54-47-42-38-34-28-20-2)83(82)84(73)86-77-62(15)58(11)56(9)60(13)75(77)85(76-61(14)57(10)59(12)63(16)78(76)86)79-65(18)80-87(88(94)89(79)110-95)91(116(121(107)108)122(109)112-97)93(115(119(103)104)120(105)106)92(114(111-96)118(101)102)90(80)113(98)117(99)100/h1-2,4,6,8,110-112H,94-109H2,3,5,7,9-18H3. The van der Waals surface area contributed by atoms with E-state index in [1.165, 1.54) is 55.0 Å². The van der Waals surface area contributed by atoms with Crippen LogP contribution in [0.4, 0.5) is 0 Å². The van der Waals surface area contributed by atoms with Gasteiger partial charge in [-0.25, -0.2) is 0 Å². The Morgan fingerprint density at radius 2 is 0.631 bits per heavy atom. The van der Waals surface area contributed by atoms with E-state index in [1.807, 2.05) is 6.92 Å². The Labute approximate surface area is 753 Å². The fourth-order valence-electron chi connectivity index (χ4n) is 19.1. The van der Waals surface area contributed by atoms with Gasteiger partial charge in [-0.3, -0.25) is 0 Å². The maximum absolute atomic E-state index is 6.95. The summed E-state index contributed by atoms with van der Waals surface area (Å²) in [7, 11) is 42.3. The Kier molecular flexibility index (Phi) is 33.4. The van der Waals surface area contributed by atoms with Crippen molar-refractivity contribution in [1.29, 1.82) is 0 Å². The van der Waals surface area contributed by atoms with Crippen molar-refractivity contribution < 1.29 is 0 Å². The lowest BCUT2D eigenvalue weighted by molar-refractivity contribution is 1.24. The molecule has 0 amide bonds. The molecule has 0 fully saturated rings. The van der Waals surface area contributed by atoms with Gasteiger partial charge in [-0.1, -0.05) is 81.1 Å². The van der Waals surface area contributed by atoms with Crippen LogP contribution in [0, 0.1) is 320 Å². The number of fused-ring (bicyclic) bond motifs is 6. The molecule has 0 N–H and O–H groups in total. The summed E-state index contributed by atoms with van der Waals surface area (Å²) in [6.07, 6.45) is 32.4. The molecule has 0 aromatic heterocycles. The molecule has 0 bridgehead atoms. The summed E-state index contributed by atoms with van der Waals surface area (Å²) in [5.41, 5.74) is 26.8. The van der Waals surface area contributed by atoms with Gasteiger partial charge in [0.15, 0.2) is 0 Å². The van der Waals surface area contributed by atoms with E-state index in [2.05, 4.69) is 405 Å². The molecule has 122 heavy (non-hydrogen) atoms. The number of hydrogen-bond donors (Lipinski definition) is 0. The van der Waals surface area contributed by atoms with E-state index < -0.39 is 0 Å². The molecular weight excluding hydrogens is 1430 g/mol. The van der Waals surface area contributed by atoms with Gasteiger partial charge in [0, 0.05) is 83.6 Å². The number of hydrogen-bond acceptors (Lipinski definition) is 0. The molecule has 0 aliphatic heterocycles. The Hall–Kier alpha value is -12.3. The van der Waals surface area contributed by atoms with E-state index in [4.69, 9.17) is 32.1 Å². The van der Waals surface area contributed by atoms with E-state index in [1.54, 1.807) is 37.2 Å². The van der Waals surface area contributed by atoms with E-state index in [-0.39, 0.29) is 32.4 Å². The van der Waals surface area contributed by atoms with Gasteiger partial charge >= 0.3 is 0 Å². The van der Waals surface area contributed by atoms with Crippen LogP contribution in [0.2, 0.25) is 0 Å². The quantitative estimate of drug-likeness (QED) is 0.0415. The normalized spacial score (nSPS) is 9.11. The SMILES string of the molecule is BBB(B)B(B(B)B)c1c(B(B(B)B)B(B)B)c(B(BB)B(B)B)c(B(B)B(B)B)c2c(C)c(-c3c4c(C)c(C)c(C)c(C)c4c(-c4c(C#CC#CC#CC#CC#C)c5c(C)c(C#C)c(C#CC)c(C#CC#C)c5c5c(C#CC#CC)c(C#CC#CC#C)c(C#CC#CC#CC)c(C#CC#CC#CC#C)c45)c4c(C)c(C)c(C)c(C)c34)c(BB)c(B)c12. The number of benzene rings is 8. The topological polar surface area (TPSA) is 0 Å². The summed E-state index contributed by atoms with van der Waals surface area (Å²) < 4.78 is 0. The summed E-state index contributed by atoms with van der Waals surface area (Å²) in [6, 6.07) is 0. The summed E-state index contributed by atoms with van der Waals surface area (Å²) >= 11 is 0. The molecule has 0 aliphatic rings. The first-order valence-corrected chi connectivity index (χ1v) is 42.3. The lowest BCUT2D eigenvalue weighted by Gasteiger charge is -2.41. The summed E-state index contributed by atoms with van der Waals surface area (Å²) in [5, 5.41) is 9.18. The van der Waals surface area contributed by atoms with Gasteiger partial charge in [-0.2, -0.15) is 0 Å². The molecule has 538 valence electrons. The Bertz CT molecular complexity index is 7220. The third-order valence-corrected chi connectivity index (χ3v) is 25.2. The minimum absolute atomic E-state index is 0.157. The smallest absolute Gasteiger partial charge is 0.115 e. The largest absolute Gasteiger partial charge is 0.139 e. The highest BCUT2D eigenvalue weighted by atomic mass is 14.4. The van der Waals surface area contributed by atoms with Gasteiger partial charge in [-0.15, -0.1) is 49.0 Å². The molecule has 0 unspecified atom stereocenters. The van der Waals surface area contributed by atoms with Crippen molar-refractivity contribution >= 4 is 296 Å². The van der Waals surface area contributed by atoms with Gasteiger partial charge in [0.2, 0.25) is 0 Å². The van der Waals surface area contributed by atoms with E-state index in [0.717, 1.165) is 81.8 Å². The molecule has 0 radical (unpaired) electrons. The number of aryl methyl sites for hydroxylation is 6. The Morgan fingerprint density at radius 1 is 0.262 bits per heavy atom. The van der Waals surface area contributed by atoms with Crippen molar-refractivity contribution in [2.75, 3.05) is 0 Å². The summed E-state index contributed by atoms with van der Waals surface area (Å²) in [4.78, 5) is 0. The van der Waals surface area contributed by atoms with Crippen LogP contribution in [0.15, 0.2) is 0 Å². The van der Waals surface area contributed by atoms with Gasteiger partial charge in [0.05, 0.1) is 182 Å². The third-order valence-electron chi connectivity index (χ3n) is 25.2. The Balaban J connectivity index is 2.11. The van der Waals surface area contributed by atoms with Gasteiger partial charge in [0.25, 0.3) is 0 Å². The monoisotopic (exact) mass is 1510 g/mol. The second-order valence-corrected chi connectivity index (χ2v) is 33.2. The first-order chi connectivity index (χ1) is 58.4. The van der Waals surface area contributed by atoms with Gasteiger partial charge < -0.3 is 0 Å². The average Bonchev–Trinajstić information content (AvgIpc) is 0.676. The van der Waals surface area contributed by atoms with Crippen LogP contribution in [0.3, 0.4) is 0 Å². The van der Waals surface area contributed by atoms with Crippen LogP contribution in [0.25, 0.3) is 76.1 Å². The van der Waals surface area contributed by atoms with E-state index >= 15 is 0 Å². The first kappa shape index (κ1) is 95.2. The molecule has 0 saturated carbocycles. The van der Waals surface area contributed by atoms with Crippen molar-refractivity contribution in [3.05, 3.63) is 100 Å². The predicted octanol–water partition coefficient (Wildman–Crippen LogP) is -10.4. The maximum Gasteiger partial charge on any atom is 0.139 e. The molecule has 0 heterocycles. The fraction of sp³-hybridized carbons (Fsp3) is 0.140. The Morgan fingerprint density at radius 3 is 1.02 bits per heavy atom. The zero-order valence-corrected chi connectivity index (χ0v) is 77.3. The molecule has 8 aromatic rings. The zero-order valence-electron chi connectivity index (χ0n) is 77.3. The minimum atomic E-state index is 0.157. The van der Waals surface area contributed by atoms with Crippen LogP contribution in [0.1, 0.15) is 121 Å². The fourth-order valence-corrected chi connectivity index (χ4v) is 19.1. The molecule has 0 spiro atoms. The lowest BCUT2D eigenvalue weighted by atomic mass is 8.66. The van der Waals surface area contributed by atoms with Crippen molar-refractivity contribution in [3.63, 3.8) is 0 Å². The second kappa shape index (κ2) is 42.8. The molecule has 0 nitrogen and oxygen atoms in total. The van der Waals surface area contributed by atoms with E-state index in [0.29, 0.717) is 109 Å². The molecular formula is C93H79B29. The van der Waals surface area contributed by atoms with Gasteiger partial charge in [-0.05, 0) is 349 Å². The van der Waals surface area contributed by atoms with Crippen LogP contribution in [-0.2, 0) is 0 Å². The highest BCUT2D eigenvalue weighted by molar-refractivity contribution is 7.89. The van der Waals surface area contributed by atoms with Crippen molar-refractivity contribution in [1.82, 2.24) is 0 Å². The number of terminal acetylenes is 5. The van der Waals surface area contributed by atoms with Crippen molar-refractivity contribution in [2.24, 2.45) is 0 Å².